The van der Waals surface area contributed by atoms with Crippen molar-refractivity contribution in [3.8, 4) is 5.88 Å². The smallest absolute Gasteiger partial charge is 0.269 e. The number of ether oxygens (including phenoxy) is 1. The van der Waals surface area contributed by atoms with E-state index >= 15 is 0 Å². The van der Waals surface area contributed by atoms with E-state index in [1.807, 2.05) is 0 Å². The van der Waals surface area contributed by atoms with Crippen molar-refractivity contribution >= 4 is 27.2 Å². The fourth-order valence-electron chi connectivity index (χ4n) is 3.22. The second kappa shape index (κ2) is 6.40. The molecule has 128 valence electrons. The van der Waals surface area contributed by atoms with Crippen LogP contribution in [-0.4, -0.2) is 14.9 Å². The molecular weight excluding hydrogens is 338 g/mol. The summed E-state index contributed by atoms with van der Waals surface area (Å²) >= 11 is 1.74. The summed E-state index contributed by atoms with van der Waals surface area (Å²) in [5, 5.41) is 11.8. The highest BCUT2D eigenvalue weighted by molar-refractivity contribution is 7.18. The van der Waals surface area contributed by atoms with Crippen LogP contribution in [0.2, 0.25) is 0 Å². The van der Waals surface area contributed by atoms with E-state index in [1.54, 1.807) is 29.8 Å². The third kappa shape index (κ3) is 3.07. The molecule has 3 aromatic rings. The van der Waals surface area contributed by atoms with E-state index in [-0.39, 0.29) is 5.69 Å². The number of rotatable bonds is 4. The maximum absolute atomic E-state index is 10.7. The fourth-order valence-corrected chi connectivity index (χ4v) is 4.56. The summed E-state index contributed by atoms with van der Waals surface area (Å²) in [5.41, 5.74) is 2.28. The number of thiophene rings is 1. The number of fused-ring (bicyclic) bond motifs is 3. The minimum atomic E-state index is -0.406. The Kier molecular flexibility index (Phi) is 4.09. The van der Waals surface area contributed by atoms with Gasteiger partial charge < -0.3 is 4.74 Å². The molecule has 1 aliphatic rings. The summed E-state index contributed by atoms with van der Waals surface area (Å²) in [4.78, 5) is 21.4. The lowest BCUT2D eigenvalue weighted by Gasteiger charge is -2.18. The molecule has 0 amide bonds. The predicted molar refractivity (Wildman–Crippen MR) is 96.0 cm³/mol. The standard InChI is InChI=1S/C18H17N3O3S/c1-11-2-7-14-15(8-11)25-18-16(14)17(19-10-20-18)24-9-12-3-5-13(6-4-12)21(22)23/h3-6,10-11H,2,7-9H2,1H3/t11-/m1/s1. The largest absolute Gasteiger partial charge is 0.472 e. The van der Waals surface area contributed by atoms with Gasteiger partial charge in [0.15, 0.2) is 0 Å². The summed E-state index contributed by atoms with van der Waals surface area (Å²) in [6.45, 7) is 2.61. The molecule has 7 heteroatoms. The lowest BCUT2D eigenvalue weighted by molar-refractivity contribution is -0.384. The second-order valence-corrected chi connectivity index (χ2v) is 7.51. The Balaban J connectivity index is 1.60. The highest BCUT2D eigenvalue weighted by atomic mass is 32.1. The Bertz CT molecular complexity index is 937. The molecule has 6 nitrogen and oxygen atoms in total. The van der Waals surface area contributed by atoms with Crippen LogP contribution in [0.15, 0.2) is 30.6 Å². The van der Waals surface area contributed by atoms with E-state index in [1.165, 1.54) is 29.0 Å². The molecule has 0 aliphatic heterocycles. The first-order valence-corrected chi connectivity index (χ1v) is 9.05. The van der Waals surface area contributed by atoms with Crippen LogP contribution >= 0.6 is 11.3 Å². The molecule has 0 unspecified atom stereocenters. The van der Waals surface area contributed by atoms with Gasteiger partial charge in [0.25, 0.3) is 5.69 Å². The molecule has 0 spiro atoms. The van der Waals surface area contributed by atoms with Crippen molar-refractivity contribution in [2.45, 2.75) is 32.8 Å². The Labute approximate surface area is 148 Å². The molecule has 4 rings (SSSR count). The summed E-state index contributed by atoms with van der Waals surface area (Å²) in [6.07, 6.45) is 4.85. The first-order chi connectivity index (χ1) is 12.1. The average molecular weight is 355 g/mol. The molecule has 2 aromatic heterocycles. The zero-order valence-electron chi connectivity index (χ0n) is 13.8. The number of hydrogen-bond acceptors (Lipinski definition) is 6. The maximum atomic E-state index is 10.7. The van der Waals surface area contributed by atoms with Gasteiger partial charge in [-0.05, 0) is 48.4 Å². The van der Waals surface area contributed by atoms with Gasteiger partial charge in [-0.1, -0.05) is 6.92 Å². The van der Waals surface area contributed by atoms with Gasteiger partial charge >= 0.3 is 0 Å². The lowest BCUT2D eigenvalue weighted by atomic mass is 9.89. The second-order valence-electron chi connectivity index (χ2n) is 6.42. The average Bonchev–Trinajstić information content (AvgIpc) is 2.98. The van der Waals surface area contributed by atoms with Crippen molar-refractivity contribution in [2.75, 3.05) is 0 Å². The van der Waals surface area contributed by atoms with Gasteiger partial charge in [-0.2, -0.15) is 0 Å². The van der Waals surface area contributed by atoms with E-state index < -0.39 is 4.92 Å². The molecular formula is C18H17N3O3S. The molecule has 0 fully saturated rings. The topological polar surface area (TPSA) is 78.2 Å². The Morgan fingerprint density at radius 3 is 2.88 bits per heavy atom. The molecule has 1 aliphatic carbocycles. The summed E-state index contributed by atoms with van der Waals surface area (Å²) in [5.74, 6) is 1.31. The van der Waals surface area contributed by atoms with Crippen LogP contribution in [0.5, 0.6) is 5.88 Å². The Hall–Kier alpha value is -2.54. The number of non-ortho nitro benzene ring substituents is 1. The van der Waals surface area contributed by atoms with E-state index in [0.29, 0.717) is 18.4 Å². The Morgan fingerprint density at radius 1 is 1.32 bits per heavy atom. The first kappa shape index (κ1) is 16.0. The van der Waals surface area contributed by atoms with Gasteiger partial charge in [0, 0.05) is 17.0 Å². The zero-order valence-corrected chi connectivity index (χ0v) is 14.6. The fraction of sp³-hybridized carbons (Fsp3) is 0.333. The number of benzene rings is 1. The van der Waals surface area contributed by atoms with Crippen LogP contribution < -0.4 is 4.74 Å². The van der Waals surface area contributed by atoms with Crippen molar-refractivity contribution < 1.29 is 9.66 Å². The minimum Gasteiger partial charge on any atom is -0.472 e. The van der Waals surface area contributed by atoms with Crippen molar-refractivity contribution in [3.05, 3.63) is 56.7 Å². The number of aryl methyl sites for hydroxylation is 1. The van der Waals surface area contributed by atoms with Crippen molar-refractivity contribution in [1.82, 2.24) is 9.97 Å². The molecule has 0 bridgehead atoms. The highest BCUT2D eigenvalue weighted by Gasteiger charge is 2.23. The molecule has 0 saturated carbocycles. The number of aromatic nitrogens is 2. The van der Waals surface area contributed by atoms with E-state index in [9.17, 15) is 10.1 Å². The molecule has 0 saturated heterocycles. The lowest BCUT2D eigenvalue weighted by Crippen LogP contribution is -2.09. The summed E-state index contributed by atoms with van der Waals surface area (Å²) in [7, 11) is 0. The number of nitrogens with zero attached hydrogens (tertiary/aromatic N) is 3. The quantitative estimate of drug-likeness (QED) is 0.515. The predicted octanol–water partition coefficient (Wildman–Crippen LogP) is 4.30. The third-order valence-electron chi connectivity index (χ3n) is 4.58. The molecule has 1 atom stereocenters. The monoisotopic (exact) mass is 355 g/mol. The van der Waals surface area contributed by atoms with Gasteiger partial charge in [-0.15, -0.1) is 11.3 Å². The van der Waals surface area contributed by atoms with E-state index in [4.69, 9.17) is 4.74 Å². The SMILES string of the molecule is C[C@@H]1CCc2c(sc3ncnc(OCc4ccc([N+](=O)[O-])cc4)c23)C1. The zero-order chi connectivity index (χ0) is 17.4. The van der Waals surface area contributed by atoms with Gasteiger partial charge in [-0.3, -0.25) is 10.1 Å². The molecule has 0 radical (unpaired) electrons. The molecule has 0 N–H and O–H groups in total. The minimum absolute atomic E-state index is 0.0780. The van der Waals surface area contributed by atoms with Gasteiger partial charge in [-0.25, -0.2) is 9.97 Å². The van der Waals surface area contributed by atoms with E-state index in [0.717, 1.165) is 28.6 Å². The third-order valence-corrected chi connectivity index (χ3v) is 5.74. The van der Waals surface area contributed by atoms with Crippen molar-refractivity contribution in [2.24, 2.45) is 5.92 Å². The molecule has 25 heavy (non-hydrogen) atoms. The highest BCUT2D eigenvalue weighted by Crippen LogP contribution is 2.40. The molecule has 1 aromatic carbocycles. The normalized spacial score (nSPS) is 16.6. The Morgan fingerprint density at radius 2 is 2.12 bits per heavy atom. The van der Waals surface area contributed by atoms with Crippen LogP contribution in [0, 0.1) is 16.0 Å². The summed E-state index contributed by atoms with van der Waals surface area (Å²) < 4.78 is 5.94. The van der Waals surface area contributed by atoms with Crippen molar-refractivity contribution in [3.63, 3.8) is 0 Å². The van der Waals surface area contributed by atoms with Crippen LogP contribution in [0.3, 0.4) is 0 Å². The number of nitro groups is 1. The number of nitro benzene ring substituents is 1. The van der Waals surface area contributed by atoms with Gasteiger partial charge in [0.05, 0.1) is 10.3 Å². The number of hydrogen-bond donors (Lipinski definition) is 0. The van der Waals surface area contributed by atoms with Gasteiger partial charge in [0.1, 0.15) is 17.8 Å². The van der Waals surface area contributed by atoms with Crippen LogP contribution in [0.1, 0.15) is 29.3 Å². The van der Waals surface area contributed by atoms with E-state index in [2.05, 4.69) is 16.9 Å². The van der Waals surface area contributed by atoms with Crippen LogP contribution in [0.4, 0.5) is 5.69 Å². The van der Waals surface area contributed by atoms with Crippen LogP contribution in [0.25, 0.3) is 10.2 Å². The summed E-state index contributed by atoms with van der Waals surface area (Å²) in [6, 6.07) is 6.40. The first-order valence-electron chi connectivity index (χ1n) is 8.23. The molecule has 2 heterocycles. The maximum Gasteiger partial charge on any atom is 0.269 e. The van der Waals surface area contributed by atoms with Gasteiger partial charge in [0.2, 0.25) is 5.88 Å². The van der Waals surface area contributed by atoms with Crippen LogP contribution in [-0.2, 0) is 19.4 Å². The van der Waals surface area contributed by atoms with Crippen molar-refractivity contribution in [1.29, 1.82) is 0 Å².